The first-order valence-electron chi connectivity index (χ1n) is 7.74. The van der Waals surface area contributed by atoms with E-state index in [4.69, 9.17) is 9.84 Å². The van der Waals surface area contributed by atoms with Gasteiger partial charge in [0.15, 0.2) is 0 Å². The smallest absolute Gasteiger partial charge is 0.243 e. The predicted octanol–water partition coefficient (Wildman–Crippen LogP) is 1.54. The van der Waals surface area contributed by atoms with Gasteiger partial charge in [0.2, 0.25) is 10.0 Å². The summed E-state index contributed by atoms with van der Waals surface area (Å²) in [6.45, 7) is 5.36. The van der Waals surface area contributed by atoms with Crippen LogP contribution in [0.25, 0.3) is 0 Å². The molecule has 0 saturated carbocycles. The summed E-state index contributed by atoms with van der Waals surface area (Å²) in [4.78, 5) is 2.31. The Balaban J connectivity index is 2.13. The van der Waals surface area contributed by atoms with Crippen LogP contribution in [-0.4, -0.2) is 68.7 Å². The molecule has 1 N–H and O–H groups in total. The number of piperazine rings is 1. The molecule has 0 bridgehead atoms. The third-order valence-electron chi connectivity index (χ3n) is 3.75. The Morgan fingerprint density at radius 1 is 1.26 bits per heavy atom. The van der Waals surface area contributed by atoms with E-state index in [0.717, 1.165) is 10.9 Å². The van der Waals surface area contributed by atoms with E-state index in [1.54, 1.807) is 18.2 Å². The first-order valence-corrected chi connectivity index (χ1v) is 9.98. The molecule has 0 radical (unpaired) electrons. The van der Waals surface area contributed by atoms with E-state index in [1.807, 2.05) is 6.92 Å². The number of benzene rings is 1. The third kappa shape index (κ3) is 4.67. The van der Waals surface area contributed by atoms with Crippen LogP contribution in [0.4, 0.5) is 0 Å². The van der Waals surface area contributed by atoms with E-state index in [2.05, 4.69) is 20.8 Å². The second kappa shape index (κ2) is 8.43. The molecule has 0 unspecified atom stereocenters. The Morgan fingerprint density at radius 3 is 2.57 bits per heavy atom. The molecule has 6 nitrogen and oxygen atoms in total. The van der Waals surface area contributed by atoms with Crippen molar-refractivity contribution in [1.82, 2.24) is 9.21 Å². The lowest BCUT2D eigenvalue weighted by Crippen LogP contribution is -2.49. The molecule has 2 rings (SSSR count). The van der Waals surface area contributed by atoms with Gasteiger partial charge in [0, 0.05) is 38.8 Å². The van der Waals surface area contributed by atoms with Crippen molar-refractivity contribution in [1.29, 1.82) is 0 Å². The minimum atomic E-state index is -3.52. The van der Waals surface area contributed by atoms with Gasteiger partial charge in [-0.1, -0.05) is 6.92 Å². The van der Waals surface area contributed by atoms with Crippen molar-refractivity contribution in [3.8, 4) is 5.75 Å². The first kappa shape index (κ1) is 18.7. The number of hydrogen-bond donors (Lipinski definition) is 1. The average molecular weight is 407 g/mol. The number of sulfonamides is 1. The van der Waals surface area contributed by atoms with Gasteiger partial charge >= 0.3 is 0 Å². The van der Waals surface area contributed by atoms with Gasteiger partial charge in [0.1, 0.15) is 5.75 Å². The van der Waals surface area contributed by atoms with Crippen LogP contribution in [0.1, 0.15) is 13.3 Å². The van der Waals surface area contributed by atoms with Crippen molar-refractivity contribution < 1.29 is 18.3 Å². The fraction of sp³-hybridized carbons (Fsp3) is 0.600. The number of nitrogens with zero attached hydrogens (tertiary/aromatic N) is 2. The van der Waals surface area contributed by atoms with Crippen LogP contribution in [0.15, 0.2) is 27.6 Å². The highest BCUT2D eigenvalue weighted by Gasteiger charge is 2.28. The standard InChI is InChI=1S/C15H23BrN2O4S/c1-2-11-22-15-12-13(3-4-14(15)16)23(20,21)18-7-5-17(6-8-18)9-10-19/h3-4,12,19H,2,5-11H2,1H3. The van der Waals surface area contributed by atoms with Gasteiger partial charge in [-0.3, -0.25) is 4.90 Å². The molecule has 0 atom stereocenters. The zero-order valence-electron chi connectivity index (χ0n) is 13.2. The largest absolute Gasteiger partial charge is 0.492 e. The third-order valence-corrected chi connectivity index (χ3v) is 6.30. The maximum atomic E-state index is 12.8. The summed E-state index contributed by atoms with van der Waals surface area (Å²) in [5.41, 5.74) is 0. The summed E-state index contributed by atoms with van der Waals surface area (Å²) in [7, 11) is -3.52. The molecule has 1 aromatic carbocycles. The number of halogens is 1. The molecule has 1 saturated heterocycles. The normalized spacial score (nSPS) is 17.3. The van der Waals surface area contributed by atoms with Crippen molar-refractivity contribution in [2.24, 2.45) is 0 Å². The molecule has 0 spiro atoms. The van der Waals surface area contributed by atoms with Gasteiger partial charge in [0.05, 0.1) is 22.6 Å². The van der Waals surface area contributed by atoms with Crippen molar-refractivity contribution in [3.05, 3.63) is 22.7 Å². The minimum absolute atomic E-state index is 0.0948. The second-order valence-electron chi connectivity index (χ2n) is 5.41. The zero-order chi connectivity index (χ0) is 16.9. The fourth-order valence-corrected chi connectivity index (χ4v) is 4.25. The van der Waals surface area contributed by atoms with Crippen LogP contribution in [0.5, 0.6) is 5.75 Å². The van der Waals surface area contributed by atoms with Crippen molar-refractivity contribution in [3.63, 3.8) is 0 Å². The summed E-state index contributed by atoms with van der Waals surface area (Å²) in [5.74, 6) is 0.548. The number of aliphatic hydroxyl groups is 1. The van der Waals surface area contributed by atoms with E-state index in [9.17, 15) is 8.42 Å². The highest BCUT2D eigenvalue weighted by atomic mass is 79.9. The van der Waals surface area contributed by atoms with Gasteiger partial charge in [-0.25, -0.2) is 8.42 Å². The molecule has 0 aromatic heterocycles. The Morgan fingerprint density at radius 2 is 1.96 bits per heavy atom. The molecule has 1 fully saturated rings. The Bertz CT molecular complexity index is 616. The molecule has 0 aliphatic carbocycles. The summed E-state index contributed by atoms with van der Waals surface area (Å²) in [5, 5.41) is 8.96. The Hall–Kier alpha value is -0.670. The van der Waals surface area contributed by atoms with E-state index in [-0.39, 0.29) is 11.5 Å². The van der Waals surface area contributed by atoms with Gasteiger partial charge in [0.25, 0.3) is 0 Å². The molecule has 23 heavy (non-hydrogen) atoms. The number of hydrogen-bond acceptors (Lipinski definition) is 5. The highest BCUT2D eigenvalue weighted by molar-refractivity contribution is 9.10. The Kier molecular flexibility index (Phi) is 6.84. The second-order valence-corrected chi connectivity index (χ2v) is 8.20. The first-order chi connectivity index (χ1) is 11.0. The van der Waals surface area contributed by atoms with Gasteiger partial charge < -0.3 is 9.84 Å². The molecule has 1 aromatic rings. The summed E-state index contributed by atoms with van der Waals surface area (Å²) >= 11 is 3.38. The number of aliphatic hydroxyl groups excluding tert-OH is 1. The number of ether oxygens (including phenoxy) is 1. The molecule has 8 heteroatoms. The number of rotatable bonds is 7. The van der Waals surface area contributed by atoms with E-state index in [0.29, 0.717) is 45.1 Å². The van der Waals surface area contributed by atoms with Crippen LogP contribution < -0.4 is 4.74 Å². The van der Waals surface area contributed by atoms with Crippen LogP contribution in [0.2, 0.25) is 0 Å². The van der Waals surface area contributed by atoms with E-state index >= 15 is 0 Å². The van der Waals surface area contributed by atoms with E-state index in [1.165, 1.54) is 4.31 Å². The molecule has 0 amide bonds. The number of β-amino-alcohol motifs (C(OH)–C–C–N with tert-alkyl or cyclic N) is 1. The lowest BCUT2D eigenvalue weighted by Gasteiger charge is -2.33. The SMILES string of the molecule is CCCOc1cc(S(=O)(=O)N2CCN(CCO)CC2)ccc1Br. The summed E-state index contributed by atoms with van der Waals surface area (Å²) < 4.78 is 33.4. The van der Waals surface area contributed by atoms with Crippen molar-refractivity contribution >= 4 is 26.0 Å². The van der Waals surface area contributed by atoms with Crippen LogP contribution in [0.3, 0.4) is 0 Å². The van der Waals surface area contributed by atoms with Gasteiger partial charge in [-0.2, -0.15) is 4.31 Å². The lowest BCUT2D eigenvalue weighted by atomic mass is 10.3. The molecule has 130 valence electrons. The predicted molar refractivity (Wildman–Crippen MR) is 92.2 cm³/mol. The topological polar surface area (TPSA) is 70.1 Å². The summed E-state index contributed by atoms with van der Waals surface area (Å²) in [6, 6.07) is 4.88. The Labute approximate surface area is 146 Å². The molecule has 1 aliphatic rings. The molecule has 1 aliphatic heterocycles. The average Bonchev–Trinajstić information content (AvgIpc) is 2.55. The molecular formula is C15H23BrN2O4S. The van der Waals surface area contributed by atoms with Gasteiger partial charge in [-0.05, 0) is 34.5 Å². The minimum Gasteiger partial charge on any atom is -0.492 e. The maximum absolute atomic E-state index is 12.8. The fourth-order valence-electron chi connectivity index (χ4n) is 2.45. The van der Waals surface area contributed by atoms with Crippen LogP contribution in [-0.2, 0) is 10.0 Å². The summed E-state index contributed by atoms with van der Waals surface area (Å²) in [6.07, 6.45) is 0.857. The van der Waals surface area contributed by atoms with Crippen LogP contribution >= 0.6 is 15.9 Å². The van der Waals surface area contributed by atoms with Gasteiger partial charge in [-0.15, -0.1) is 0 Å². The maximum Gasteiger partial charge on any atom is 0.243 e. The van der Waals surface area contributed by atoms with E-state index < -0.39 is 10.0 Å². The van der Waals surface area contributed by atoms with Crippen molar-refractivity contribution in [2.75, 3.05) is 45.9 Å². The monoisotopic (exact) mass is 406 g/mol. The quantitative estimate of drug-likeness (QED) is 0.743. The molecule has 1 heterocycles. The highest BCUT2D eigenvalue weighted by Crippen LogP contribution is 2.29. The molecular weight excluding hydrogens is 384 g/mol. The lowest BCUT2D eigenvalue weighted by molar-refractivity contribution is 0.151. The van der Waals surface area contributed by atoms with Crippen molar-refractivity contribution in [2.45, 2.75) is 18.2 Å². The zero-order valence-corrected chi connectivity index (χ0v) is 15.6. The van der Waals surface area contributed by atoms with Crippen LogP contribution in [0, 0.1) is 0 Å².